The van der Waals surface area contributed by atoms with Gasteiger partial charge in [-0.05, 0) is 53.4 Å². The van der Waals surface area contributed by atoms with Crippen LogP contribution in [0.2, 0.25) is 0 Å². The second kappa shape index (κ2) is 33.7. The maximum atomic E-state index is 14.2. The van der Waals surface area contributed by atoms with Crippen molar-refractivity contribution in [3.05, 3.63) is 0 Å². The van der Waals surface area contributed by atoms with Crippen molar-refractivity contribution < 1.29 is 17.9 Å². The van der Waals surface area contributed by atoms with Crippen molar-refractivity contribution in [3.63, 3.8) is 0 Å². The quantitative estimate of drug-likeness (QED) is 0.0593. The van der Waals surface area contributed by atoms with Crippen LogP contribution in [0.5, 0.6) is 0 Å². The third kappa shape index (κ3) is 24.7. The van der Waals surface area contributed by atoms with Gasteiger partial charge in [0, 0.05) is 13.2 Å². The Bertz CT molecular complexity index is 726. The topological polar surface area (TPSA) is 52.6 Å². The van der Waals surface area contributed by atoms with Gasteiger partial charge in [0.15, 0.2) is 9.87 Å². The lowest BCUT2D eigenvalue weighted by atomic mass is 10.0. The third-order valence-corrected chi connectivity index (χ3v) is 13.9. The molecule has 0 heterocycles. The minimum Gasteiger partial charge on any atom is -0.360 e. The first-order valence-corrected chi connectivity index (χ1v) is 23.7. The third-order valence-electron chi connectivity index (χ3n) is 11.0. The van der Waals surface area contributed by atoms with Gasteiger partial charge in [-0.25, -0.2) is 8.42 Å². The second-order valence-electron chi connectivity index (χ2n) is 15.7. The molecule has 0 aliphatic heterocycles. The highest BCUT2D eigenvalue weighted by Crippen LogP contribution is 2.39. The van der Waals surface area contributed by atoms with E-state index in [4.69, 9.17) is 9.47 Å². The summed E-state index contributed by atoms with van der Waals surface area (Å²) in [6.07, 6.45) is 43.2. The molecule has 0 saturated heterocycles. The van der Waals surface area contributed by atoms with Gasteiger partial charge in [-0.1, -0.05) is 206 Å². The summed E-state index contributed by atoms with van der Waals surface area (Å²) >= 11 is 0. The summed E-state index contributed by atoms with van der Waals surface area (Å²) in [4.78, 5) is -2.40. The minimum absolute atomic E-state index is 0.399. The van der Waals surface area contributed by atoms with Crippen LogP contribution < -0.4 is 0 Å². The molecule has 5 heteroatoms. The monoisotopic (exact) mass is 715 g/mol. The molecular weight excluding hydrogens is 625 g/mol. The van der Waals surface area contributed by atoms with E-state index < -0.39 is 19.7 Å². The average Bonchev–Trinajstić information content (AvgIpc) is 3.08. The predicted octanol–water partition coefficient (Wildman–Crippen LogP) is 15.2. The predicted molar refractivity (Wildman–Crippen MR) is 217 cm³/mol. The normalized spacial score (nSPS) is 14.7. The number of sulfone groups is 1. The van der Waals surface area contributed by atoms with Crippen LogP contribution in [0.1, 0.15) is 260 Å². The van der Waals surface area contributed by atoms with E-state index in [1.54, 1.807) is 0 Å². The molecule has 0 fully saturated rings. The Balaban J connectivity index is 4.27. The standard InChI is InChI=1S/C44H90O4S/c1-7-11-13-15-17-19-21-23-25-27-29-31-33-35-37-39-41-43(5,47-9-3)49(45,46)44(6,48-10-4)42-40-38-36-34-32-30-28-26-24-22-20-18-16-14-12-8-2/h7-42H2,1-6H3. The molecule has 0 aliphatic rings. The number of rotatable bonds is 40. The van der Waals surface area contributed by atoms with Gasteiger partial charge in [0.1, 0.15) is 0 Å². The Kier molecular flexibility index (Phi) is 33.6. The van der Waals surface area contributed by atoms with Crippen molar-refractivity contribution in [2.24, 2.45) is 0 Å². The van der Waals surface area contributed by atoms with Gasteiger partial charge in [-0.2, -0.15) is 0 Å². The van der Waals surface area contributed by atoms with E-state index in [2.05, 4.69) is 13.8 Å². The largest absolute Gasteiger partial charge is 0.360 e. The molecule has 0 N–H and O–H groups in total. The van der Waals surface area contributed by atoms with Crippen LogP contribution in [-0.2, 0) is 19.3 Å². The van der Waals surface area contributed by atoms with E-state index in [0.29, 0.717) is 26.1 Å². The van der Waals surface area contributed by atoms with Crippen LogP contribution in [-0.4, -0.2) is 31.5 Å². The summed E-state index contributed by atoms with van der Waals surface area (Å²) in [5.41, 5.74) is 0. The summed E-state index contributed by atoms with van der Waals surface area (Å²) in [7, 11) is -3.67. The molecular formula is C44H90O4S. The molecule has 0 aromatic rings. The van der Waals surface area contributed by atoms with E-state index in [-0.39, 0.29) is 0 Å². The first-order chi connectivity index (χ1) is 23.7. The van der Waals surface area contributed by atoms with Crippen molar-refractivity contribution in [2.75, 3.05) is 13.2 Å². The van der Waals surface area contributed by atoms with Crippen LogP contribution in [0.15, 0.2) is 0 Å². The molecule has 2 unspecified atom stereocenters. The van der Waals surface area contributed by atoms with Crippen molar-refractivity contribution >= 4 is 9.84 Å². The van der Waals surface area contributed by atoms with Gasteiger partial charge >= 0.3 is 0 Å². The SMILES string of the molecule is CCCCCCCCCCCCCCCCCCC(C)(OCC)S(=O)(=O)C(C)(CCCCCCCCCCCCCCCCCC)OCC. The molecule has 296 valence electrons. The summed E-state index contributed by atoms with van der Waals surface area (Å²) < 4.78 is 40.5. The highest BCUT2D eigenvalue weighted by Gasteiger charge is 2.52. The molecule has 0 aliphatic carbocycles. The molecule has 0 radical (unpaired) electrons. The van der Waals surface area contributed by atoms with Gasteiger partial charge in [-0.15, -0.1) is 0 Å². The van der Waals surface area contributed by atoms with Crippen LogP contribution in [0.4, 0.5) is 0 Å². The summed E-state index contributed by atoms with van der Waals surface area (Å²) in [5, 5.41) is 0. The molecule has 0 amide bonds. The molecule has 0 saturated carbocycles. The van der Waals surface area contributed by atoms with E-state index >= 15 is 0 Å². The zero-order valence-electron chi connectivity index (χ0n) is 34.5. The van der Waals surface area contributed by atoms with Gasteiger partial charge in [0.25, 0.3) is 0 Å². The molecule has 4 nitrogen and oxygen atoms in total. The van der Waals surface area contributed by atoms with Crippen LogP contribution in [0, 0.1) is 0 Å². The zero-order chi connectivity index (χ0) is 36.4. The number of ether oxygens (including phenoxy) is 2. The minimum atomic E-state index is -3.67. The lowest BCUT2D eigenvalue weighted by molar-refractivity contribution is -0.00149. The van der Waals surface area contributed by atoms with Crippen LogP contribution in [0.3, 0.4) is 0 Å². The fourth-order valence-corrected chi connectivity index (χ4v) is 9.91. The highest BCUT2D eigenvalue weighted by molar-refractivity contribution is 7.93. The van der Waals surface area contributed by atoms with Crippen molar-refractivity contribution in [1.29, 1.82) is 0 Å². The van der Waals surface area contributed by atoms with E-state index in [9.17, 15) is 8.42 Å². The van der Waals surface area contributed by atoms with Crippen LogP contribution >= 0.6 is 0 Å². The van der Waals surface area contributed by atoms with E-state index in [1.165, 1.54) is 180 Å². The maximum absolute atomic E-state index is 14.2. The molecule has 0 spiro atoms. The van der Waals surface area contributed by atoms with Gasteiger partial charge in [0.05, 0.1) is 0 Å². The van der Waals surface area contributed by atoms with Crippen molar-refractivity contribution in [3.8, 4) is 0 Å². The van der Waals surface area contributed by atoms with E-state index in [0.717, 1.165) is 25.7 Å². The van der Waals surface area contributed by atoms with E-state index in [1.807, 2.05) is 27.7 Å². The lowest BCUT2D eigenvalue weighted by Gasteiger charge is -2.39. The smallest absolute Gasteiger partial charge is 0.208 e. The van der Waals surface area contributed by atoms with Gasteiger partial charge in [-0.3, -0.25) is 0 Å². The fraction of sp³-hybridized carbons (Fsp3) is 1.00. The molecule has 49 heavy (non-hydrogen) atoms. The fourth-order valence-electron chi connectivity index (χ4n) is 7.62. The summed E-state index contributed by atoms with van der Waals surface area (Å²) in [6.45, 7) is 12.8. The number of hydrogen-bond donors (Lipinski definition) is 0. The van der Waals surface area contributed by atoms with Gasteiger partial charge in [0.2, 0.25) is 9.84 Å². The van der Waals surface area contributed by atoms with Crippen molar-refractivity contribution in [1.82, 2.24) is 0 Å². The molecule has 2 atom stereocenters. The Morgan fingerprint density at radius 3 is 0.694 bits per heavy atom. The number of hydrogen-bond acceptors (Lipinski definition) is 4. The number of unbranched alkanes of at least 4 members (excludes halogenated alkanes) is 30. The summed E-state index contributed by atoms with van der Waals surface area (Å²) in [5.74, 6) is 0. The molecule has 0 rings (SSSR count). The van der Waals surface area contributed by atoms with Gasteiger partial charge < -0.3 is 9.47 Å². The van der Waals surface area contributed by atoms with Crippen molar-refractivity contribution in [2.45, 2.75) is 270 Å². The highest BCUT2D eigenvalue weighted by atomic mass is 32.2. The summed E-state index contributed by atoms with van der Waals surface area (Å²) in [6, 6.07) is 0. The Labute approximate surface area is 309 Å². The zero-order valence-corrected chi connectivity index (χ0v) is 35.3. The Morgan fingerprint density at radius 1 is 0.327 bits per heavy atom. The Morgan fingerprint density at radius 2 is 0.510 bits per heavy atom. The first-order valence-electron chi connectivity index (χ1n) is 22.3. The first kappa shape index (κ1) is 48.9. The molecule has 0 aromatic heterocycles. The molecule has 0 aromatic carbocycles. The second-order valence-corrected chi connectivity index (χ2v) is 18.5. The van der Waals surface area contributed by atoms with Crippen LogP contribution in [0.25, 0.3) is 0 Å². The average molecular weight is 715 g/mol. The Hall–Kier alpha value is -0.130. The molecule has 0 bridgehead atoms. The maximum Gasteiger partial charge on any atom is 0.208 e. The lowest BCUT2D eigenvalue weighted by Crippen LogP contribution is -2.52.